The highest BCUT2D eigenvalue weighted by molar-refractivity contribution is 5.45. The van der Waals surface area contributed by atoms with Crippen molar-refractivity contribution in [1.82, 2.24) is 14.9 Å². The number of aromatic nitrogens is 2. The maximum absolute atomic E-state index is 9.17. The third-order valence-corrected chi connectivity index (χ3v) is 3.14. The molecule has 0 bridgehead atoms. The molecule has 2 rings (SSSR count). The Morgan fingerprint density at radius 1 is 1.35 bits per heavy atom. The van der Waals surface area contributed by atoms with Crippen molar-refractivity contribution in [2.24, 2.45) is 0 Å². The van der Waals surface area contributed by atoms with Gasteiger partial charge in [-0.3, -0.25) is 4.57 Å². The van der Waals surface area contributed by atoms with Gasteiger partial charge in [0.15, 0.2) is 11.4 Å². The highest BCUT2D eigenvalue weighted by Crippen LogP contribution is 2.19. The molecule has 5 heteroatoms. The van der Waals surface area contributed by atoms with Crippen LogP contribution in [0.2, 0.25) is 0 Å². The van der Waals surface area contributed by atoms with Crippen LogP contribution in [0.3, 0.4) is 0 Å². The number of hydrogen-bond donors (Lipinski definition) is 1. The number of rotatable bonds is 4. The minimum absolute atomic E-state index is 0.151. The first kappa shape index (κ1) is 13.8. The molecule has 0 amide bonds. The SMILES string of the molecule is CCNC(C)c1cccc(-n2cnc(C#N)c2C#N)c1. The van der Waals surface area contributed by atoms with Crippen LogP contribution in [0.5, 0.6) is 0 Å². The van der Waals surface area contributed by atoms with Crippen molar-refractivity contribution in [1.29, 1.82) is 10.5 Å². The zero-order valence-electron chi connectivity index (χ0n) is 11.5. The second kappa shape index (κ2) is 6.01. The summed E-state index contributed by atoms with van der Waals surface area (Å²) in [5.41, 5.74) is 2.37. The minimum Gasteiger partial charge on any atom is -0.310 e. The number of nitriles is 2. The first-order valence-corrected chi connectivity index (χ1v) is 6.42. The molecule has 2 aromatic rings. The zero-order chi connectivity index (χ0) is 14.5. The summed E-state index contributed by atoms with van der Waals surface area (Å²) in [7, 11) is 0. The largest absolute Gasteiger partial charge is 0.310 e. The van der Waals surface area contributed by atoms with Gasteiger partial charge in [0.25, 0.3) is 0 Å². The van der Waals surface area contributed by atoms with E-state index in [2.05, 4.69) is 24.1 Å². The number of nitrogens with one attached hydrogen (secondary N) is 1. The molecule has 5 nitrogen and oxygen atoms in total. The Hall–Kier alpha value is -2.63. The van der Waals surface area contributed by atoms with Crippen molar-refractivity contribution < 1.29 is 0 Å². The zero-order valence-corrected chi connectivity index (χ0v) is 11.5. The van der Waals surface area contributed by atoms with Crippen molar-refractivity contribution in [3.05, 3.63) is 47.5 Å². The van der Waals surface area contributed by atoms with Crippen LogP contribution in [0.25, 0.3) is 5.69 Å². The molecule has 0 saturated heterocycles. The van der Waals surface area contributed by atoms with Gasteiger partial charge in [-0.1, -0.05) is 19.1 Å². The highest BCUT2D eigenvalue weighted by Gasteiger charge is 2.12. The second-order valence-electron chi connectivity index (χ2n) is 4.41. The third kappa shape index (κ3) is 2.54. The van der Waals surface area contributed by atoms with E-state index in [-0.39, 0.29) is 17.4 Å². The molecule has 1 aromatic carbocycles. The van der Waals surface area contributed by atoms with Crippen LogP contribution in [-0.2, 0) is 0 Å². The average Bonchev–Trinajstić information content (AvgIpc) is 2.90. The van der Waals surface area contributed by atoms with E-state index in [9.17, 15) is 0 Å². The van der Waals surface area contributed by atoms with Gasteiger partial charge < -0.3 is 5.32 Å². The summed E-state index contributed by atoms with van der Waals surface area (Å²) in [6.07, 6.45) is 1.51. The summed E-state index contributed by atoms with van der Waals surface area (Å²) in [4.78, 5) is 3.96. The van der Waals surface area contributed by atoms with E-state index in [0.717, 1.165) is 17.8 Å². The Morgan fingerprint density at radius 3 is 2.80 bits per heavy atom. The van der Waals surface area contributed by atoms with Crippen LogP contribution in [0, 0.1) is 22.7 Å². The fourth-order valence-electron chi connectivity index (χ4n) is 2.10. The molecule has 1 atom stereocenters. The van der Waals surface area contributed by atoms with Gasteiger partial charge >= 0.3 is 0 Å². The lowest BCUT2D eigenvalue weighted by molar-refractivity contribution is 0.598. The lowest BCUT2D eigenvalue weighted by Gasteiger charge is -2.14. The molecule has 0 aliphatic rings. The quantitative estimate of drug-likeness (QED) is 0.920. The van der Waals surface area contributed by atoms with Gasteiger partial charge in [0.1, 0.15) is 18.5 Å². The van der Waals surface area contributed by atoms with E-state index in [1.807, 2.05) is 36.4 Å². The minimum atomic E-state index is 0.151. The number of benzene rings is 1. The molecule has 0 spiro atoms. The Bertz CT molecular complexity index is 687. The maximum atomic E-state index is 9.17. The Balaban J connectivity index is 2.45. The van der Waals surface area contributed by atoms with Crippen molar-refractivity contribution >= 4 is 0 Å². The molecular weight excluding hydrogens is 250 g/mol. The lowest BCUT2D eigenvalue weighted by Crippen LogP contribution is -2.17. The molecule has 1 N–H and O–H groups in total. The molecule has 1 aromatic heterocycles. The molecule has 0 fully saturated rings. The molecule has 0 aliphatic heterocycles. The van der Waals surface area contributed by atoms with Gasteiger partial charge in [0.2, 0.25) is 0 Å². The van der Waals surface area contributed by atoms with Gasteiger partial charge in [0, 0.05) is 11.7 Å². The topological polar surface area (TPSA) is 77.4 Å². The Morgan fingerprint density at radius 2 is 2.15 bits per heavy atom. The number of hydrogen-bond acceptors (Lipinski definition) is 4. The van der Waals surface area contributed by atoms with Crippen LogP contribution in [0.1, 0.15) is 36.8 Å². The summed E-state index contributed by atoms with van der Waals surface area (Å²) >= 11 is 0. The summed E-state index contributed by atoms with van der Waals surface area (Å²) in [6.45, 7) is 5.03. The summed E-state index contributed by atoms with van der Waals surface area (Å²) in [5, 5.41) is 21.4. The first-order valence-electron chi connectivity index (χ1n) is 6.42. The number of imidazole rings is 1. The maximum Gasteiger partial charge on any atom is 0.177 e. The molecule has 1 heterocycles. The van der Waals surface area contributed by atoms with Crippen LogP contribution in [0.4, 0.5) is 0 Å². The third-order valence-electron chi connectivity index (χ3n) is 3.14. The second-order valence-corrected chi connectivity index (χ2v) is 4.41. The molecule has 100 valence electrons. The summed E-state index contributed by atoms with van der Waals surface area (Å²) < 4.78 is 1.64. The van der Waals surface area contributed by atoms with Gasteiger partial charge in [-0.25, -0.2) is 4.98 Å². The summed E-state index contributed by atoms with van der Waals surface area (Å²) in [5.74, 6) is 0. The van der Waals surface area contributed by atoms with Crippen LogP contribution < -0.4 is 5.32 Å². The van der Waals surface area contributed by atoms with E-state index in [1.54, 1.807) is 4.57 Å². The molecule has 1 unspecified atom stereocenters. The van der Waals surface area contributed by atoms with E-state index >= 15 is 0 Å². The van der Waals surface area contributed by atoms with E-state index in [1.165, 1.54) is 6.33 Å². The van der Waals surface area contributed by atoms with E-state index in [4.69, 9.17) is 10.5 Å². The highest BCUT2D eigenvalue weighted by atomic mass is 15.1. The molecule has 0 saturated carbocycles. The monoisotopic (exact) mass is 265 g/mol. The van der Waals surface area contributed by atoms with Crippen LogP contribution in [0.15, 0.2) is 30.6 Å². The molecule has 0 aliphatic carbocycles. The fourth-order valence-corrected chi connectivity index (χ4v) is 2.10. The Labute approximate surface area is 118 Å². The van der Waals surface area contributed by atoms with Crippen molar-refractivity contribution in [2.45, 2.75) is 19.9 Å². The van der Waals surface area contributed by atoms with Crippen LogP contribution in [-0.4, -0.2) is 16.1 Å². The lowest BCUT2D eigenvalue weighted by atomic mass is 10.1. The Kier molecular flexibility index (Phi) is 4.14. The van der Waals surface area contributed by atoms with E-state index in [0.29, 0.717) is 0 Å². The van der Waals surface area contributed by atoms with Crippen molar-refractivity contribution in [2.75, 3.05) is 6.54 Å². The number of nitrogens with zero attached hydrogens (tertiary/aromatic N) is 4. The average molecular weight is 265 g/mol. The van der Waals surface area contributed by atoms with Gasteiger partial charge in [-0.15, -0.1) is 0 Å². The van der Waals surface area contributed by atoms with Crippen molar-refractivity contribution in [3.8, 4) is 17.8 Å². The van der Waals surface area contributed by atoms with Gasteiger partial charge in [-0.2, -0.15) is 10.5 Å². The molecular formula is C15H15N5. The smallest absolute Gasteiger partial charge is 0.177 e. The molecule has 20 heavy (non-hydrogen) atoms. The molecule has 0 radical (unpaired) electrons. The van der Waals surface area contributed by atoms with E-state index < -0.39 is 0 Å². The predicted octanol–water partition coefficient (Wildman–Crippen LogP) is 2.29. The fraction of sp³-hybridized carbons (Fsp3) is 0.267. The normalized spacial score (nSPS) is 11.6. The predicted molar refractivity (Wildman–Crippen MR) is 75.1 cm³/mol. The standard InChI is InChI=1S/C15H15N5/c1-3-18-11(2)12-5-4-6-13(7-12)20-10-19-14(8-16)15(20)9-17/h4-7,10-11,18H,3H2,1-2H3. The first-order chi connectivity index (χ1) is 9.71. The van der Waals surface area contributed by atoms with Gasteiger partial charge in [-0.05, 0) is 31.2 Å². The summed E-state index contributed by atoms with van der Waals surface area (Å²) in [6, 6.07) is 12.0. The van der Waals surface area contributed by atoms with Crippen molar-refractivity contribution in [3.63, 3.8) is 0 Å². The van der Waals surface area contributed by atoms with Gasteiger partial charge in [0.05, 0.1) is 0 Å². The van der Waals surface area contributed by atoms with Crippen LogP contribution >= 0.6 is 0 Å².